The number of nitrogens with one attached hydrogen (secondary N) is 2. The molecule has 0 heterocycles. The van der Waals surface area contributed by atoms with Crippen LogP contribution in [0, 0.1) is 23.7 Å². The van der Waals surface area contributed by atoms with E-state index in [1.54, 1.807) is 14.2 Å². The molecule has 0 radical (unpaired) electrons. The summed E-state index contributed by atoms with van der Waals surface area (Å²) in [4.78, 5) is 25.8. The largest absolute Gasteiger partial charge is 0.497 e. The van der Waals surface area contributed by atoms with E-state index in [2.05, 4.69) is 55.0 Å². The molecule has 2 unspecified atom stereocenters. The number of nitrogens with zero attached hydrogens (tertiary/aromatic N) is 2. The molecule has 3 aromatic carbocycles. The molecular formula is C42H55N4O7P. The summed E-state index contributed by atoms with van der Waals surface area (Å²) in [5.74, 6) is 3.48. The Hall–Kier alpha value is -4.48. The average Bonchev–Trinajstić information content (AvgIpc) is 3.17. The molecule has 0 spiro atoms. The van der Waals surface area contributed by atoms with Gasteiger partial charge in [-0.15, -0.1) is 12.3 Å². The maximum atomic E-state index is 13.5. The number of amides is 2. The molecule has 290 valence electrons. The van der Waals surface area contributed by atoms with Crippen LogP contribution in [0.1, 0.15) is 76.5 Å². The number of carbonyl (C=O) groups is 2. The van der Waals surface area contributed by atoms with Gasteiger partial charge in [0.25, 0.3) is 8.53 Å². The van der Waals surface area contributed by atoms with E-state index >= 15 is 0 Å². The number of nitriles is 1. The van der Waals surface area contributed by atoms with Crippen molar-refractivity contribution < 1.29 is 32.8 Å². The minimum absolute atomic E-state index is 0.0296. The minimum atomic E-state index is -1.60. The van der Waals surface area contributed by atoms with Crippen LogP contribution in [0.2, 0.25) is 0 Å². The second kappa shape index (κ2) is 23.3. The molecule has 0 aliphatic carbocycles. The van der Waals surface area contributed by atoms with Crippen LogP contribution in [-0.2, 0) is 29.0 Å². The predicted octanol–water partition coefficient (Wildman–Crippen LogP) is 7.10. The highest BCUT2D eigenvalue weighted by atomic mass is 31.2. The van der Waals surface area contributed by atoms with E-state index in [4.69, 9.17) is 29.7 Å². The Kier molecular flexibility index (Phi) is 19.0. The molecule has 0 saturated heterocycles. The zero-order valence-corrected chi connectivity index (χ0v) is 33.3. The lowest BCUT2D eigenvalue weighted by molar-refractivity contribution is -0.123. The van der Waals surface area contributed by atoms with Crippen molar-refractivity contribution in [3.05, 3.63) is 95.6 Å². The summed E-state index contributed by atoms with van der Waals surface area (Å²) in [5.41, 5.74) is 1.41. The summed E-state index contributed by atoms with van der Waals surface area (Å²) in [6.07, 6.45) is 6.97. The van der Waals surface area contributed by atoms with Crippen LogP contribution >= 0.6 is 8.53 Å². The summed E-state index contributed by atoms with van der Waals surface area (Å²) in [6.45, 7) is 8.70. The van der Waals surface area contributed by atoms with Gasteiger partial charge in [0.1, 0.15) is 17.1 Å². The molecule has 11 nitrogen and oxygen atoms in total. The average molecular weight is 759 g/mol. The monoisotopic (exact) mass is 758 g/mol. The van der Waals surface area contributed by atoms with Gasteiger partial charge in [0, 0.05) is 37.9 Å². The van der Waals surface area contributed by atoms with E-state index in [1.165, 1.54) is 0 Å². The van der Waals surface area contributed by atoms with Crippen molar-refractivity contribution in [1.82, 2.24) is 15.3 Å². The second-order valence-corrected chi connectivity index (χ2v) is 14.5. The van der Waals surface area contributed by atoms with E-state index in [1.807, 2.05) is 78.9 Å². The molecule has 2 amide bonds. The molecule has 3 rings (SSSR count). The minimum Gasteiger partial charge on any atom is -0.497 e. The van der Waals surface area contributed by atoms with Gasteiger partial charge >= 0.3 is 0 Å². The molecule has 0 saturated carbocycles. The lowest BCUT2D eigenvalue weighted by Crippen LogP contribution is -2.45. The third kappa shape index (κ3) is 13.1. The van der Waals surface area contributed by atoms with Crippen molar-refractivity contribution in [3.63, 3.8) is 0 Å². The third-order valence-electron chi connectivity index (χ3n) is 8.49. The number of rotatable bonds is 24. The summed E-state index contributed by atoms with van der Waals surface area (Å²) >= 11 is 0. The molecule has 12 heteroatoms. The van der Waals surface area contributed by atoms with Gasteiger partial charge in [0.05, 0.1) is 52.6 Å². The lowest BCUT2D eigenvalue weighted by atomic mass is 9.80. The molecule has 0 aromatic heterocycles. The molecule has 54 heavy (non-hydrogen) atoms. The van der Waals surface area contributed by atoms with Crippen LogP contribution in [0.15, 0.2) is 78.9 Å². The van der Waals surface area contributed by atoms with Crippen LogP contribution in [0.3, 0.4) is 0 Å². The normalized spacial score (nSPS) is 12.5. The van der Waals surface area contributed by atoms with Gasteiger partial charge in [-0.25, -0.2) is 4.67 Å². The number of carbonyl (C=O) groups excluding carboxylic acids is 2. The van der Waals surface area contributed by atoms with Gasteiger partial charge in [0.2, 0.25) is 11.8 Å². The molecule has 2 atom stereocenters. The maximum Gasteiger partial charge on any atom is 0.259 e. The third-order valence-corrected chi connectivity index (χ3v) is 10.6. The van der Waals surface area contributed by atoms with E-state index in [0.717, 1.165) is 16.7 Å². The van der Waals surface area contributed by atoms with E-state index in [-0.39, 0.29) is 63.1 Å². The first-order valence-electron chi connectivity index (χ1n) is 18.3. The Morgan fingerprint density at radius 1 is 0.796 bits per heavy atom. The molecule has 0 aliphatic rings. The summed E-state index contributed by atoms with van der Waals surface area (Å²) in [5, 5.41) is 15.1. The van der Waals surface area contributed by atoms with Crippen molar-refractivity contribution >= 4 is 20.3 Å². The van der Waals surface area contributed by atoms with Gasteiger partial charge in [-0.05, 0) is 75.1 Å². The predicted molar refractivity (Wildman–Crippen MR) is 212 cm³/mol. The highest BCUT2D eigenvalue weighted by Gasteiger charge is 2.39. The first kappa shape index (κ1) is 43.9. The van der Waals surface area contributed by atoms with Gasteiger partial charge in [0.15, 0.2) is 0 Å². The topological polar surface area (TPSA) is 131 Å². The number of methoxy groups -OCH3 is 2. The van der Waals surface area contributed by atoms with Crippen LogP contribution in [0.25, 0.3) is 0 Å². The molecule has 3 aromatic rings. The fraction of sp³-hybridized carbons (Fsp3) is 0.452. The van der Waals surface area contributed by atoms with Crippen LogP contribution in [-0.4, -0.2) is 75.2 Å². The molecule has 2 N–H and O–H groups in total. The van der Waals surface area contributed by atoms with Gasteiger partial charge in [-0.2, -0.15) is 5.26 Å². The highest BCUT2D eigenvalue weighted by molar-refractivity contribution is 7.44. The van der Waals surface area contributed by atoms with Crippen LogP contribution < -0.4 is 20.1 Å². The Morgan fingerprint density at radius 3 is 1.89 bits per heavy atom. The number of benzene rings is 3. The van der Waals surface area contributed by atoms with Crippen LogP contribution in [0.5, 0.6) is 11.5 Å². The Bertz CT molecular complexity index is 1580. The zero-order chi connectivity index (χ0) is 39.3. The number of ether oxygens (including phenoxy) is 3. The lowest BCUT2D eigenvalue weighted by Gasteiger charge is -2.38. The number of unbranched alkanes of at least 4 members (excludes halogenated alkanes) is 1. The van der Waals surface area contributed by atoms with Gasteiger partial charge in [-0.3, -0.25) is 9.59 Å². The Balaban J connectivity index is 2.02. The van der Waals surface area contributed by atoms with Crippen molar-refractivity contribution in [2.75, 3.05) is 40.6 Å². The first-order chi connectivity index (χ1) is 26.1. The number of hydrogen-bond donors (Lipinski definition) is 2. The SMILES string of the molecule is C#CCCCC(=O)NCCC(=O)NC(COP(OCCC#N)N(C(C)C)C(C)C)COC(c1ccccc1)(c1ccc(OC)cc1)c1ccc(OC)cc1. The summed E-state index contributed by atoms with van der Waals surface area (Å²) < 4.78 is 32.9. The number of hydrogen-bond acceptors (Lipinski definition) is 9. The Labute approximate surface area is 322 Å². The van der Waals surface area contributed by atoms with Gasteiger partial charge in [-0.1, -0.05) is 54.6 Å². The summed E-state index contributed by atoms with van der Waals surface area (Å²) in [6, 6.07) is 27.0. The fourth-order valence-electron chi connectivity index (χ4n) is 5.95. The summed E-state index contributed by atoms with van der Waals surface area (Å²) in [7, 11) is 1.64. The first-order valence-corrected chi connectivity index (χ1v) is 19.4. The van der Waals surface area contributed by atoms with E-state index in [0.29, 0.717) is 30.8 Å². The number of terminal acetylenes is 1. The molecular weight excluding hydrogens is 703 g/mol. The van der Waals surface area contributed by atoms with Crippen molar-refractivity contribution in [1.29, 1.82) is 5.26 Å². The quantitative estimate of drug-likeness (QED) is 0.0425. The zero-order valence-electron chi connectivity index (χ0n) is 32.4. The van der Waals surface area contributed by atoms with Crippen LogP contribution in [0.4, 0.5) is 0 Å². The highest BCUT2D eigenvalue weighted by Crippen LogP contribution is 2.46. The second-order valence-electron chi connectivity index (χ2n) is 13.1. The molecule has 0 aliphatic heterocycles. The standard InChI is InChI=1S/C42H55N4O7P/c1-8-9-11-17-40(47)44-28-26-41(48)45-37(31-53-54(52-29-14-27-43)46(32(2)3)33(4)5)30-51-42(34-15-12-10-13-16-34,35-18-22-38(49-6)23-19-35)36-20-24-39(50-7)25-21-36/h1,10,12-13,15-16,18-25,32-33,37H,9,11,14,17,26,28-31H2,2-7H3,(H,44,47)(H,45,48). The maximum absolute atomic E-state index is 13.5. The van der Waals surface area contributed by atoms with E-state index in [9.17, 15) is 14.9 Å². The fourth-order valence-corrected chi connectivity index (χ4v) is 7.60. The van der Waals surface area contributed by atoms with E-state index < -0.39 is 20.2 Å². The smallest absolute Gasteiger partial charge is 0.259 e. The van der Waals surface area contributed by atoms with Crippen molar-refractivity contribution in [2.24, 2.45) is 0 Å². The Morgan fingerprint density at radius 2 is 1.37 bits per heavy atom. The molecule has 0 fully saturated rings. The van der Waals surface area contributed by atoms with Gasteiger partial charge < -0.3 is 33.9 Å². The van der Waals surface area contributed by atoms with Crippen molar-refractivity contribution in [2.45, 2.75) is 83.5 Å². The molecule has 0 bridgehead atoms. The van der Waals surface area contributed by atoms with Crippen molar-refractivity contribution in [3.8, 4) is 29.9 Å².